The number of hydrogen-bond donors (Lipinski definition) is 1. The minimum absolute atomic E-state index is 0.204. The summed E-state index contributed by atoms with van der Waals surface area (Å²) in [7, 11) is 1.57. The van der Waals surface area contributed by atoms with Gasteiger partial charge in [-0.3, -0.25) is 4.79 Å². The summed E-state index contributed by atoms with van der Waals surface area (Å²) < 4.78 is 20.0. The van der Waals surface area contributed by atoms with Crippen molar-refractivity contribution in [1.82, 2.24) is 4.90 Å². The van der Waals surface area contributed by atoms with Crippen molar-refractivity contribution in [1.29, 1.82) is 0 Å². The Balaban J connectivity index is 1.82. The number of halogens is 1. The highest BCUT2D eigenvalue weighted by atomic mass is 19.1. The van der Waals surface area contributed by atoms with E-state index in [1.165, 1.54) is 11.0 Å². The quantitative estimate of drug-likeness (QED) is 0.676. The molecule has 0 saturated carbocycles. The largest absolute Gasteiger partial charge is 0.503 e. The summed E-state index contributed by atoms with van der Waals surface area (Å²) in [4.78, 5) is 14.5. The number of aliphatic hydroxyl groups excluding tert-OH is 1. The molecular weight excluding hydrogens is 369 g/mol. The molecule has 1 aliphatic heterocycles. The number of hydrogen-bond acceptors (Lipinski definition) is 3. The first-order chi connectivity index (χ1) is 14.1. The summed E-state index contributed by atoms with van der Waals surface area (Å²) >= 11 is 0. The Labute approximate surface area is 168 Å². The van der Waals surface area contributed by atoms with E-state index >= 15 is 0 Å². The topological polar surface area (TPSA) is 49.8 Å². The van der Waals surface area contributed by atoms with Gasteiger partial charge < -0.3 is 14.7 Å². The van der Waals surface area contributed by atoms with Crippen molar-refractivity contribution in [3.8, 4) is 5.75 Å². The Morgan fingerprint density at radius 3 is 2.45 bits per heavy atom. The molecule has 0 aliphatic carbocycles. The molecule has 3 aromatic carbocycles. The number of nitrogens with zero attached hydrogens (tertiary/aromatic N) is 1. The number of amides is 1. The summed E-state index contributed by atoms with van der Waals surface area (Å²) in [5.74, 6) is -0.645. The molecule has 3 aromatic rings. The van der Waals surface area contributed by atoms with Gasteiger partial charge in [0.15, 0.2) is 5.76 Å². The molecular formula is C24H20FNO3. The van der Waals surface area contributed by atoms with Gasteiger partial charge in [-0.05, 0) is 29.3 Å². The highest BCUT2D eigenvalue weighted by Gasteiger charge is 2.42. The molecule has 4 rings (SSSR count). The lowest BCUT2D eigenvalue weighted by Crippen LogP contribution is -2.30. The maximum atomic E-state index is 14.8. The third-order valence-corrected chi connectivity index (χ3v) is 5.08. The SMILES string of the molecule is COc1cccc(CN2C(=O)C(O)=C(c3ccccc3)[C@H]2c2ccccc2F)c1. The second kappa shape index (κ2) is 7.80. The van der Waals surface area contributed by atoms with Crippen LogP contribution in [0.4, 0.5) is 4.39 Å². The average molecular weight is 389 g/mol. The zero-order chi connectivity index (χ0) is 20.4. The van der Waals surface area contributed by atoms with E-state index in [0.29, 0.717) is 22.4 Å². The van der Waals surface area contributed by atoms with E-state index in [-0.39, 0.29) is 12.3 Å². The van der Waals surface area contributed by atoms with Gasteiger partial charge in [-0.25, -0.2) is 4.39 Å². The van der Waals surface area contributed by atoms with Crippen LogP contribution in [0.15, 0.2) is 84.6 Å². The van der Waals surface area contributed by atoms with E-state index in [1.54, 1.807) is 25.3 Å². The lowest BCUT2D eigenvalue weighted by molar-refractivity contribution is -0.130. The Morgan fingerprint density at radius 1 is 1.00 bits per heavy atom. The van der Waals surface area contributed by atoms with Crippen LogP contribution in [0.2, 0.25) is 0 Å². The maximum Gasteiger partial charge on any atom is 0.290 e. The summed E-state index contributed by atoms with van der Waals surface area (Å²) in [5, 5.41) is 10.7. The molecule has 5 heteroatoms. The molecule has 1 aliphatic rings. The first-order valence-electron chi connectivity index (χ1n) is 9.27. The normalized spacial score (nSPS) is 16.4. The molecule has 0 unspecified atom stereocenters. The van der Waals surface area contributed by atoms with Crippen LogP contribution >= 0.6 is 0 Å². The van der Waals surface area contributed by atoms with Crippen molar-refractivity contribution in [2.24, 2.45) is 0 Å². The second-order valence-electron chi connectivity index (χ2n) is 6.84. The van der Waals surface area contributed by atoms with Gasteiger partial charge in [-0.2, -0.15) is 0 Å². The summed E-state index contributed by atoms with van der Waals surface area (Å²) in [5.41, 5.74) is 2.25. The Hall–Kier alpha value is -3.60. The molecule has 0 radical (unpaired) electrons. The molecule has 0 aromatic heterocycles. The fourth-order valence-corrected chi connectivity index (χ4v) is 3.72. The Kier molecular flexibility index (Phi) is 5.04. The predicted octanol–water partition coefficient (Wildman–Crippen LogP) is 4.89. The number of methoxy groups -OCH3 is 1. The van der Waals surface area contributed by atoms with Crippen LogP contribution < -0.4 is 4.74 Å². The van der Waals surface area contributed by atoms with Gasteiger partial charge in [0.25, 0.3) is 5.91 Å². The summed E-state index contributed by atoms with van der Waals surface area (Å²) in [6.45, 7) is 0.204. The highest BCUT2D eigenvalue weighted by molar-refractivity contribution is 6.05. The molecule has 0 saturated heterocycles. The van der Waals surface area contributed by atoms with Gasteiger partial charge in [-0.1, -0.05) is 60.7 Å². The van der Waals surface area contributed by atoms with Crippen molar-refractivity contribution in [2.75, 3.05) is 7.11 Å². The number of ether oxygens (including phenoxy) is 1. The highest BCUT2D eigenvalue weighted by Crippen LogP contribution is 2.44. The van der Waals surface area contributed by atoms with Crippen LogP contribution in [0.5, 0.6) is 5.75 Å². The zero-order valence-electron chi connectivity index (χ0n) is 15.9. The number of aliphatic hydroxyl groups is 1. The van der Waals surface area contributed by atoms with E-state index in [9.17, 15) is 14.3 Å². The number of carbonyl (C=O) groups excluding carboxylic acids is 1. The van der Waals surface area contributed by atoms with E-state index in [4.69, 9.17) is 4.74 Å². The van der Waals surface area contributed by atoms with Gasteiger partial charge in [-0.15, -0.1) is 0 Å². The minimum atomic E-state index is -0.739. The number of carbonyl (C=O) groups is 1. The Morgan fingerprint density at radius 2 is 1.72 bits per heavy atom. The van der Waals surface area contributed by atoms with E-state index < -0.39 is 17.8 Å². The first-order valence-corrected chi connectivity index (χ1v) is 9.27. The zero-order valence-corrected chi connectivity index (χ0v) is 15.9. The van der Waals surface area contributed by atoms with Crippen molar-refractivity contribution >= 4 is 11.5 Å². The van der Waals surface area contributed by atoms with E-state index in [0.717, 1.165) is 5.56 Å². The lowest BCUT2D eigenvalue weighted by atomic mass is 9.93. The summed E-state index contributed by atoms with van der Waals surface area (Å²) in [6, 6.07) is 22.0. The lowest BCUT2D eigenvalue weighted by Gasteiger charge is -2.28. The molecule has 1 atom stereocenters. The number of benzene rings is 3. The maximum absolute atomic E-state index is 14.8. The first kappa shape index (κ1) is 18.7. The van der Waals surface area contributed by atoms with Crippen molar-refractivity contribution in [2.45, 2.75) is 12.6 Å². The third kappa shape index (κ3) is 3.47. The third-order valence-electron chi connectivity index (χ3n) is 5.08. The minimum Gasteiger partial charge on any atom is -0.503 e. The average Bonchev–Trinajstić information content (AvgIpc) is 2.99. The smallest absolute Gasteiger partial charge is 0.290 e. The summed E-state index contributed by atoms with van der Waals surface area (Å²) in [6.07, 6.45) is 0. The van der Waals surface area contributed by atoms with Crippen molar-refractivity contribution < 1.29 is 19.0 Å². The van der Waals surface area contributed by atoms with Crippen LogP contribution in [0, 0.1) is 5.82 Å². The van der Waals surface area contributed by atoms with Crippen molar-refractivity contribution in [3.63, 3.8) is 0 Å². The van der Waals surface area contributed by atoms with Gasteiger partial charge >= 0.3 is 0 Å². The molecule has 0 spiro atoms. The molecule has 1 amide bonds. The standard InChI is InChI=1S/C24H20FNO3/c1-29-18-11-7-8-16(14-18)15-26-22(19-12-5-6-13-20(19)25)21(23(27)24(26)28)17-9-3-2-4-10-17/h2-14,22,27H,15H2,1H3/t22-/m1/s1. The van der Waals surface area contributed by atoms with Gasteiger partial charge in [0.2, 0.25) is 0 Å². The van der Waals surface area contributed by atoms with Crippen LogP contribution in [-0.2, 0) is 11.3 Å². The Bertz CT molecular complexity index is 1080. The van der Waals surface area contributed by atoms with Crippen molar-refractivity contribution in [3.05, 3.63) is 107 Å². The molecule has 0 fully saturated rings. The van der Waals surface area contributed by atoms with Crippen LogP contribution in [0.25, 0.3) is 5.57 Å². The molecule has 0 bridgehead atoms. The molecule has 29 heavy (non-hydrogen) atoms. The van der Waals surface area contributed by atoms with Gasteiger partial charge in [0, 0.05) is 17.7 Å². The fourth-order valence-electron chi connectivity index (χ4n) is 3.72. The predicted molar refractivity (Wildman–Crippen MR) is 109 cm³/mol. The van der Waals surface area contributed by atoms with Crippen LogP contribution in [0.1, 0.15) is 22.7 Å². The molecule has 4 nitrogen and oxygen atoms in total. The fraction of sp³-hybridized carbons (Fsp3) is 0.125. The molecule has 146 valence electrons. The van der Waals surface area contributed by atoms with Gasteiger partial charge in [0.1, 0.15) is 11.6 Å². The monoisotopic (exact) mass is 389 g/mol. The van der Waals surface area contributed by atoms with Crippen LogP contribution in [-0.4, -0.2) is 23.0 Å². The molecule has 1 N–H and O–H groups in total. The van der Waals surface area contributed by atoms with E-state index in [2.05, 4.69) is 0 Å². The van der Waals surface area contributed by atoms with Gasteiger partial charge in [0.05, 0.1) is 13.2 Å². The molecule has 1 heterocycles. The van der Waals surface area contributed by atoms with E-state index in [1.807, 2.05) is 54.6 Å². The second-order valence-corrected chi connectivity index (χ2v) is 6.84. The number of rotatable bonds is 5. The van der Waals surface area contributed by atoms with Crippen LogP contribution in [0.3, 0.4) is 0 Å².